The van der Waals surface area contributed by atoms with Crippen molar-refractivity contribution < 1.29 is 13.2 Å². The maximum Gasteiger partial charge on any atom is 0.282 e. The fraction of sp³-hybridized carbons (Fsp3) is 1.00. The molecular weight excluding hydrogens is 278 g/mol. The number of rotatable bonds is 2. The van der Waals surface area contributed by atoms with Crippen molar-refractivity contribution in [3.05, 3.63) is 0 Å². The molecule has 0 saturated carbocycles. The van der Waals surface area contributed by atoms with Crippen molar-refractivity contribution in [2.75, 3.05) is 39.3 Å². The molecule has 0 aliphatic carbocycles. The van der Waals surface area contributed by atoms with E-state index in [9.17, 15) is 8.42 Å². The third-order valence-corrected chi connectivity index (χ3v) is 6.79. The van der Waals surface area contributed by atoms with Gasteiger partial charge in [0.1, 0.15) is 0 Å². The van der Waals surface area contributed by atoms with E-state index in [1.165, 1.54) is 6.42 Å². The number of nitrogens with zero attached hydrogens (tertiary/aromatic N) is 3. The van der Waals surface area contributed by atoms with Crippen LogP contribution in [-0.4, -0.2) is 79.4 Å². The molecule has 3 atom stereocenters. The SMILES string of the molecule is C[C@@H]1CN(S(=O)(=O)N2C[C@H]3CCCN3C[C@H]2C)CCO1. The summed E-state index contributed by atoms with van der Waals surface area (Å²) in [7, 11) is -3.35. The second-order valence-electron chi connectivity index (χ2n) is 6.26. The van der Waals surface area contributed by atoms with Crippen LogP contribution in [0.25, 0.3) is 0 Å². The van der Waals surface area contributed by atoms with E-state index in [0.717, 1.165) is 19.5 Å². The van der Waals surface area contributed by atoms with Gasteiger partial charge in [0.25, 0.3) is 10.2 Å². The Morgan fingerprint density at radius 2 is 1.90 bits per heavy atom. The molecule has 0 N–H and O–H groups in total. The van der Waals surface area contributed by atoms with E-state index in [2.05, 4.69) is 4.90 Å². The first-order valence-electron chi connectivity index (χ1n) is 7.61. The van der Waals surface area contributed by atoms with Crippen LogP contribution in [0.4, 0.5) is 0 Å². The Hall–Kier alpha value is -0.210. The molecule has 0 radical (unpaired) electrons. The molecule has 3 heterocycles. The van der Waals surface area contributed by atoms with Gasteiger partial charge in [0.15, 0.2) is 0 Å². The maximum absolute atomic E-state index is 12.9. The van der Waals surface area contributed by atoms with Gasteiger partial charge in [-0.15, -0.1) is 0 Å². The second kappa shape index (κ2) is 5.53. The van der Waals surface area contributed by atoms with Crippen molar-refractivity contribution >= 4 is 10.2 Å². The van der Waals surface area contributed by atoms with Gasteiger partial charge in [-0.3, -0.25) is 4.90 Å². The van der Waals surface area contributed by atoms with Crippen molar-refractivity contribution in [3.8, 4) is 0 Å². The Labute approximate surface area is 121 Å². The molecule has 0 aromatic rings. The highest BCUT2D eigenvalue weighted by molar-refractivity contribution is 7.86. The summed E-state index contributed by atoms with van der Waals surface area (Å²) in [5, 5.41) is 0. The van der Waals surface area contributed by atoms with Gasteiger partial charge in [-0.1, -0.05) is 0 Å². The number of morpholine rings is 1. The quantitative estimate of drug-likeness (QED) is 0.727. The molecule has 3 rings (SSSR count). The predicted molar refractivity (Wildman–Crippen MR) is 76.7 cm³/mol. The van der Waals surface area contributed by atoms with Crippen molar-refractivity contribution in [1.29, 1.82) is 0 Å². The Morgan fingerprint density at radius 1 is 1.10 bits per heavy atom. The minimum Gasteiger partial charge on any atom is -0.376 e. The van der Waals surface area contributed by atoms with E-state index in [1.807, 2.05) is 13.8 Å². The zero-order chi connectivity index (χ0) is 14.3. The van der Waals surface area contributed by atoms with Gasteiger partial charge < -0.3 is 4.74 Å². The van der Waals surface area contributed by atoms with Crippen LogP contribution in [0.15, 0.2) is 0 Å². The van der Waals surface area contributed by atoms with E-state index in [-0.39, 0.29) is 12.1 Å². The minimum absolute atomic E-state index is 0.0124. The highest BCUT2D eigenvalue weighted by Gasteiger charge is 2.42. The summed E-state index contributed by atoms with van der Waals surface area (Å²) in [6.07, 6.45) is 2.31. The lowest BCUT2D eigenvalue weighted by atomic mass is 10.1. The number of fused-ring (bicyclic) bond motifs is 1. The summed E-state index contributed by atoms with van der Waals surface area (Å²) in [6.45, 7) is 8.04. The summed E-state index contributed by atoms with van der Waals surface area (Å²) < 4.78 is 34.5. The molecule has 0 aromatic heterocycles. The Morgan fingerprint density at radius 3 is 2.65 bits per heavy atom. The molecule has 0 spiro atoms. The highest BCUT2D eigenvalue weighted by Crippen LogP contribution is 2.28. The molecule has 0 aromatic carbocycles. The third kappa shape index (κ3) is 2.62. The van der Waals surface area contributed by atoms with E-state index in [1.54, 1.807) is 8.61 Å². The Bertz CT molecular complexity index is 456. The third-order valence-electron chi connectivity index (χ3n) is 4.71. The van der Waals surface area contributed by atoms with Crippen molar-refractivity contribution in [1.82, 2.24) is 13.5 Å². The summed E-state index contributed by atoms with van der Waals surface area (Å²) >= 11 is 0. The minimum atomic E-state index is -3.35. The van der Waals surface area contributed by atoms with Crippen LogP contribution in [0, 0.1) is 0 Å². The summed E-state index contributed by atoms with van der Waals surface area (Å²) in [5.74, 6) is 0. The van der Waals surface area contributed by atoms with E-state index < -0.39 is 10.2 Å². The standard InChI is InChI=1S/C13H25N3O3S/c1-11-8-14-5-3-4-13(14)10-16(11)20(17,18)15-6-7-19-12(2)9-15/h11-13H,3-10H2,1-2H3/t11-,12-,13-/m1/s1. The molecule has 0 amide bonds. The first-order valence-corrected chi connectivity index (χ1v) is 9.01. The van der Waals surface area contributed by atoms with Crippen LogP contribution in [0.1, 0.15) is 26.7 Å². The molecule has 0 bridgehead atoms. The highest BCUT2D eigenvalue weighted by atomic mass is 32.2. The Kier molecular flexibility index (Phi) is 4.07. The van der Waals surface area contributed by atoms with Gasteiger partial charge in [0, 0.05) is 38.3 Å². The molecule has 3 fully saturated rings. The number of piperazine rings is 1. The number of hydrogen-bond acceptors (Lipinski definition) is 4. The van der Waals surface area contributed by atoms with Crippen molar-refractivity contribution in [2.45, 2.75) is 44.9 Å². The molecule has 7 heteroatoms. The maximum atomic E-state index is 12.9. The Balaban J connectivity index is 1.76. The van der Waals surface area contributed by atoms with Gasteiger partial charge in [0.05, 0.1) is 12.7 Å². The molecule has 116 valence electrons. The molecule has 3 aliphatic heterocycles. The van der Waals surface area contributed by atoms with Gasteiger partial charge in [-0.2, -0.15) is 17.0 Å². The molecule has 0 unspecified atom stereocenters. The number of ether oxygens (including phenoxy) is 1. The average molecular weight is 303 g/mol. The van der Waals surface area contributed by atoms with Crippen LogP contribution in [0.5, 0.6) is 0 Å². The zero-order valence-electron chi connectivity index (χ0n) is 12.4. The lowest BCUT2D eigenvalue weighted by Crippen LogP contribution is -2.61. The van der Waals surface area contributed by atoms with Crippen LogP contribution in [0.3, 0.4) is 0 Å². The lowest BCUT2D eigenvalue weighted by molar-refractivity contribution is 0.00610. The van der Waals surface area contributed by atoms with Crippen LogP contribution >= 0.6 is 0 Å². The van der Waals surface area contributed by atoms with Crippen LogP contribution in [-0.2, 0) is 14.9 Å². The van der Waals surface area contributed by atoms with Crippen molar-refractivity contribution in [3.63, 3.8) is 0 Å². The monoisotopic (exact) mass is 303 g/mol. The van der Waals surface area contributed by atoms with E-state index in [4.69, 9.17) is 4.74 Å². The zero-order valence-corrected chi connectivity index (χ0v) is 13.2. The largest absolute Gasteiger partial charge is 0.376 e. The van der Waals surface area contributed by atoms with E-state index >= 15 is 0 Å². The fourth-order valence-electron chi connectivity index (χ4n) is 3.63. The predicted octanol–water partition coefficient (Wildman–Crippen LogP) is 0.120. The molecule has 6 nitrogen and oxygen atoms in total. The van der Waals surface area contributed by atoms with Crippen LogP contribution in [0.2, 0.25) is 0 Å². The van der Waals surface area contributed by atoms with Gasteiger partial charge in [-0.25, -0.2) is 0 Å². The summed E-state index contributed by atoms with van der Waals surface area (Å²) in [4.78, 5) is 2.44. The topological polar surface area (TPSA) is 53.1 Å². The normalized spacial score (nSPS) is 38.0. The van der Waals surface area contributed by atoms with Gasteiger partial charge in [0.2, 0.25) is 0 Å². The smallest absolute Gasteiger partial charge is 0.282 e. The lowest BCUT2D eigenvalue weighted by Gasteiger charge is -2.44. The molecule has 3 aliphatic rings. The number of hydrogen-bond donors (Lipinski definition) is 0. The molecule has 3 saturated heterocycles. The molecular formula is C13H25N3O3S. The summed E-state index contributed by atoms with van der Waals surface area (Å²) in [6, 6.07) is 0.479. The first kappa shape index (κ1) is 14.7. The van der Waals surface area contributed by atoms with Crippen LogP contribution < -0.4 is 0 Å². The van der Waals surface area contributed by atoms with Crippen molar-refractivity contribution in [2.24, 2.45) is 0 Å². The van der Waals surface area contributed by atoms with Gasteiger partial charge >= 0.3 is 0 Å². The van der Waals surface area contributed by atoms with Gasteiger partial charge in [-0.05, 0) is 33.2 Å². The average Bonchev–Trinajstić information content (AvgIpc) is 2.84. The second-order valence-corrected chi connectivity index (χ2v) is 8.14. The summed E-state index contributed by atoms with van der Waals surface area (Å²) in [5.41, 5.74) is 0. The molecule has 20 heavy (non-hydrogen) atoms. The fourth-order valence-corrected chi connectivity index (χ4v) is 5.51. The first-order chi connectivity index (χ1) is 9.48. The van der Waals surface area contributed by atoms with E-state index in [0.29, 0.717) is 32.3 Å².